The number of hydrogen-bond acceptors (Lipinski definition) is 2. The van der Waals surface area contributed by atoms with E-state index in [0.717, 1.165) is 16.7 Å². The van der Waals surface area contributed by atoms with Gasteiger partial charge in [0.1, 0.15) is 0 Å². The van der Waals surface area contributed by atoms with Crippen LogP contribution in [0.3, 0.4) is 0 Å². The standard InChI is InChI=1S/C22H21N3OS/c26-21(24-25-22(27)23-16-17-10-4-1-5-11-17)20(18-12-6-2-7-13-18)19-14-8-3-9-15-19/h1-15,20H,16H2,(H,24,26)(H2,23,25,27). The highest BCUT2D eigenvalue weighted by Crippen LogP contribution is 2.24. The zero-order valence-corrected chi connectivity index (χ0v) is 15.6. The van der Waals surface area contributed by atoms with Gasteiger partial charge in [0.25, 0.3) is 0 Å². The van der Waals surface area contributed by atoms with Gasteiger partial charge in [0.2, 0.25) is 5.91 Å². The molecule has 27 heavy (non-hydrogen) atoms. The van der Waals surface area contributed by atoms with Crippen molar-refractivity contribution in [2.45, 2.75) is 12.5 Å². The van der Waals surface area contributed by atoms with Crippen LogP contribution in [-0.2, 0) is 11.3 Å². The third-order valence-electron chi connectivity index (χ3n) is 4.12. The summed E-state index contributed by atoms with van der Waals surface area (Å²) in [5.41, 5.74) is 8.47. The molecule has 3 aromatic rings. The topological polar surface area (TPSA) is 53.2 Å². The minimum atomic E-state index is -0.420. The van der Waals surface area contributed by atoms with E-state index in [1.807, 2.05) is 91.0 Å². The lowest BCUT2D eigenvalue weighted by molar-refractivity contribution is -0.122. The Morgan fingerprint density at radius 1 is 0.741 bits per heavy atom. The van der Waals surface area contributed by atoms with Gasteiger partial charge in [0.15, 0.2) is 5.11 Å². The normalized spacial score (nSPS) is 10.3. The Labute approximate surface area is 164 Å². The number of amides is 1. The maximum Gasteiger partial charge on any atom is 0.250 e. The first kappa shape index (κ1) is 18.6. The molecule has 136 valence electrons. The fourth-order valence-electron chi connectivity index (χ4n) is 2.80. The summed E-state index contributed by atoms with van der Waals surface area (Å²) in [4.78, 5) is 12.9. The second-order valence-corrected chi connectivity index (χ2v) is 6.45. The van der Waals surface area contributed by atoms with Crippen LogP contribution in [0.15, 0.2) is 91.0 Å². The largest absolute Gasteiger partial charge is 0.357 e. The van der Waals surface area contributed by atoms with Crippen molar-refractivity contribution in [3.8, 4) is 0 Å². The lowest BCUT2D eigenvalue weighted by Crippen LogP contribution is -2.48. The molecule has 0 aromatic heterocycles. The molecule has 1 amide bonds. The Morgan fingerprint density at radius 3 is 1.74 bits per heavy atom. The highest BCUT2D eigenvalue weighted by molar-refractivity contribution is 7.80. The number of benzene rings is 3. The Bertz CT molecular complexity index is 830. The van der Waals surface area contributed by atoms with Crippen molar-refractivity contribution in [2.75, 3.05) is 0 Å². The van der Waals surface area contributed by atoms with E-state index in [1.165, 1.54) is 0 Å². The molecule has 0 fully saturated rings. The molecular formula is C22H21N3OS. The molecule has 0 unspecified atom stereocenters. The number of carbonyl (C=O) groups excluding carboxylic acids is 1. The zero-order chi connectivity index (χ0) is 18.9. The minimum Gasteiger partial charge on any atom is -0.357 e. The van der Waals surface area contributed by atoms with Crippen LogP contribution in [0.4, 0.5) is 0 Å². The second kappa shape index (κ2) is 9.50. The third kappa shape index (κ3) is 5.39. The van der Waals surface area contributed by atoms with E-state index in [-0.39, 0.29) is 5.91 Å². The van der Waals surface area contributed by atoms with Gasteiger partial charge < -0.3 is 5.32 Å². The van der Waals surface area contributed by atoms with Crippen LogP contribution < -0.4 is 16.2 Å². The van der Waals surface area contributed by atoms with Crippen LogP contribution in [0, 0.1) is 0 Å². The highest BCUT2D eigenvalue weighted by atomic mass is 32.1. The molecule has 0 aliphatic heterocycles. The first-order valence-electron chi connectivity index (χ1n) is 8.71. The number of nitrogens with one attached hydrogen (secondary N) is 3. The van der Waals surface area contributed by atoms with Crippen LogP contribution in [0.2, 0.25) is 0 Å². The Morgan fingerprint density at radius 2 is 1.22 bits per heavy atom. The predicted octanol–water partition coefficient (Wildman–Crippen LogP) is 3.51. The number of carbonyl (C=O) groups is 1. The van der Waals surface area contributed by atoms with Crippen molar-refractivity contribution >= 4 is 23.2 Å². The van der Waals surface area contributed by atoms with E-state index in [2.05, 4.69) is 16.2 Å². The molecule has 0 aliphatic carbocycles. The van der Waals surface area contributed by atoms with Gasteiger partial charge in [-0.1, -0.05) is 91.0 Å². The Kier molecular flexibility index (Phi) is 6.55. The van der Waals surface area contributed by atoms with E-state index < -0.39 is 5.92 Å². The molecule has 3 rings (SSSR count). The summed E-state index contributed by atoms with van der Waals surface area (Å²) in [6, 6.07) is 29.3. The van der Waals surface area contributed by atoms with Crippen molar-refractivity contribution in [1.29, 1.82) is 0 Å². The molecule has 3 aromatic carbocycles. The molecule has 0 bridgehead atoms. The van der Waals surface area contributed by atoms with Crippen LogP contribution in [0.5, 0.6) is 0 Å². The number of rotatable bonds is 5. The van der Waals surface area contributed by atoms with Crippen molar-refractivity contribution < 1.29 is 4.79 Å². The van der Waals surface area contributed by atoms with E-state index in [0.29, 0.717) is 11.7 Å². The van der Waals surface area contributed by atoms with E-state index in [1.54, 1.807) is 0 Å². The van der Waals surface area contributed by atoms with Crippen LogP contribution >= 0.6 is 12.2 Å². The van der Waals surface area contributed by atoms with Gasteiger partial charge in [0.05, 0.1) is 5.92 Å². The Hall–Kier alpha value is -3.18. The minimum absolute atomic E-state index is 0.170. The smallest absolute Gasteiger partial charge is 0.250 e. The molecule has 0 radical (unpaired) electrons. The van der Waals surface area contributed by atoms with E-state index in [9.17, 15) is 4.79 Å². The predicted molar refractivity (Wildman–Crippen MR) is 112 cm³/mol. The fourth-order valence-corrected chi connectivity index (χ4v) is 2.92. The average Bonchev–Trinajstić information content (AvgIpc) is 2.73. The Balaban J connectivity index is 1.62. The van der Waals surface area contributed by atoms with Gasteiger partial charge in [-0.25, -0.2) is 0 Å². The molecule has 0 atom stereocenters. The summed E-state index contributed by atoms with van der Waals surface area (Å²) in [6.45, 7) is 0.587. The lowest BCUT2D eigenvalue weighted by Gasteiger charge is -2.19. The summed E-state index contributed by atoms with van der Waals surface area (Å²) in [6.07, 6.45) is 0. The summed E-state index contributed by atoms with van der Waals surface area (Å²) in [7, 11) is 0. The lowest BCUT2D eigenvalue weighted by atomic mass is 9.91. The molecule has 0 spiro atoms. The van der Waals surface area contributed by atoms with Crippen molar-refractivity contribution in [3.63, 3.8) is 0 Å². The number of thiocarbonyl (C=S) groups is 1. The summed E-state index contributed by atoms with van der Waals surface area (Å²) < 4.78 is 0. The third-order valence-corrected chi connectivity index (χ3v) is 4.37. The van der Waals surface area contributed by atoms with Crippen LogP contribution in [0.1, 0.15) is 22.6 Å². The maximum atomic E-state index is 12.9. The molecule has 0 heterocycles. The van der Waals surface area contributed by atoms with Crippen LogP contribution in [-0.4, -0.2) is 11.0 Å². The quantitative estimate of drug-likeness (QED) is 0.472. The molecule has 0 saturated carbocycles. The SMILES string of the molecule is O=C(NNC(=S)NCc1ccccc1)C(c1ccccc1)c1ccccc1. The van der Waals surface area contributed by atoms with Gasteiger partial charge in [-0.05, 0) is 28.9 Å². The molecule has 0 saturated heterocycles. The molecule has 3 N–H and O–H groups in total. The number of hydrazine groups is 1. The average molecular weight is 375 g/mol. The van der Waals surface area contributed by atoms with Crippen molar-refractivity contribution in [1.82, 2.24) is 16.2 Å². The second-order valence-electron chi connectivity index (χ2n) is 6.04. The first-order chi connectivity index (χ1) is 13.2. The molecule has 4 nitrogen and oxygen atoms in total. The summed E-state index contributed by atoms with van der Waals surface area (Å²) in [5, 5.41) is 3.45. The van der Waals surface area contributed by atoms with Gasteiger partial charge in [0, 0.05) is 6.54 Å². The van der Waals surface area contributed by atoms with Gasteiger partial charge in [-0.3, -0.25) is 15.6 Å². The van der Waals surface area contributed by atoms with Crippen molar-refractivity contribution in [3.05, 3.63) is 108 Å². The van der Waals surface area contributed by atoms with Gasteiger partial charge >= 0.3 is 0 Å². The monoisotopic (exact) mass is 375 g/mol. The number of hydrogen-bond donors (Lipinski definition) is 3. The highest BCUT2D eigenvalue weighted by Gasteiger charge is 2.22. The fraction of sp³-hybridized carbons (Fsp3) is 0.0909. The van der Waals surface area contributed by atoms with E-state index >= 15 is 0 Å². The van der Waals surface area contributed by atoms with Crippen LogP contribution in [0.25, 0.3) is 0 Å². The summed E-state index contributed by atoms with van der Waals surface area (Å²) >= 11 is 5.25. The van der Waals surface area contributed by atoms with E-state index in [4.69, 9.17) is 12.2 Å². The molecule has 0 aliphatic rings. The molecule has 5 heteroatoms. The van der Waals surface area contributed by atoms with Crippen molar-refractivity contribution in [2.24, 2.45) is 0 Å². The van der Waals surface area contributed by atoms with Gasteiger partial charge in [-0.2, -0.15) is 0 Å². The van der Waals surface area contributed by atoms with Gasteiger partial charge in [-0.15, -0.1) is 0 Å². The zero-order valence-electron chi connectivity index (χ0n) is 14.8. The first-order valence-corrected chi connectivity index (χ1v) is 9.12. The summed E-state index contributed by atoms with van der Waals surface area (Å²) in [5.74, 6) is -0.590. The maximum absolute atomic E-state index is 12.9. The molecular weight excluding hydrogens is 354 g/mol.